The number of hydrogen-bond acceptors (Lipinski definition) is 4. The molecular weight excluding hydrogens is 388 g/mol. The van der Waals surface area contributed by atoms with Crippen molar-refractivity contribution in [3.63, 3.8) is 0 Å². The first-order valence-corrected chi connectivity index (χ1v) is 11.4. The molecule has 2 rings (SSSR count). The lowest BCUT2D eigenvalue weighted by molar-refractivity contribution is -0.122. The van der Waals surface area contributed by atoms with Gasteiger partial charge in [0.1, 0.15) is 11.8 Å². The van der Waals surface area contributed by atoms with Crippen molar-refractivity contribution in [2.45, 2.75) is 46.2 Å². The molecule has 2 aromatic rings. The molecular formula is C22H30N2O4S. The van der Waals surface area contributed by atoms with Gasteiger partial charge in [0.05, 0.1) is 25.1 Å². The molecule has 6 nitrogen and oxygen atoms in total. The Balaban J connectivity index is 2.30. The van der Waals surface area contributed by atoms with Crippen LogP contribution in [0.25, 0.3) is 0 Å². The zero-order valence-corrected chi connectivity index (χ0v) is 18.7. The van der Waals surface area contributed by atoms with E-state index in [1.165, 1.54) is 9.87 Å². The lowest BCUT2D eigenvalue weighted by Crippen LogP contribution is -2.49. The van der Waals surface area contributed by atoms with Crippen molar-refractivity contribution in [1.29, 1.82) is 0 Å². The zero-order valence-electron chi connectivity index (χ0n) is 17.9. The maximum atomic E-state index is 13.1. The van der Waals surface area contributed by atoms with E-state index in [1.807, 2.05) is 39.0 Å². The first kappa shape index (κ1) is 22.7. The molecule has 29 heavy (non-hydrogen) atoms. The van der Waals surface area contributed by atoms with E-state index in [9.17, 15) is 13.2 Å². The minimum absolute atomic E-state index is 0.242. The maximum Gasteiger partial charge on any atom is 0.244 e. The Hall–Kier alpha value is -2.54. The van der Waals surface area contributed by atoms with Gasteiger partial charge in [-0.3, -0.25) is 9.10 Å². The number of nitrogens with zero attached hydrogens (tertiary/aromatic N) is 1. The molecule has 0 radical (unpaired) electrons. The summed E-state index contributed by atoms with van der Waals surface area (Å²) >= 11 is 0. The minimum atomic E-state index is -3.67. The molecule has 0 aliphatic heterocycles. The second-order valence-corrected chi connectivity index (χ2v) is 9.11. The smallest absolute Gasteiger partial charge is 0.244 e. The van der Waals surface area contributed by atoms with Crippen LogP contribution in [0.15, 0.2) is 42.5 Å². The molecule has 0 fully saturated rings. The van der Waals surface area contributed by atoms with Crippen LogP contribution < -0.4 is 14.4 Å². The molecule has 7 heteroatoms. The number of anilines is 1. The van der Waals surface area contributed by atoms with Gasteiger partial charge in [-0.1, -0.05) is 25.1 Å². The zero-order chi connectivity index (χ0) is 21.8. The largest absolute Gasteiger partial charge is 0.497 e. The predicted molar refractivity (Wildman–Crippen MR) is 117 cm³/mol. The number of methoxy groups -OCH3 is 1. The Morgan fingerprint density at radius 1 is 1.10 bits per heavy atom. The molecule has 2 atom stereocenters. The van der Waals surface area contributed by atoms with E-state index in [1.54, 1.807) is 38.3 Å². The van der Waals surface area contributed by atoms with Gasteiger partial charge < -0.3 is 10.1 Å². The van der Waals surface area contributed by atoms with E-state index < -0.39 is 16.1 Å². The Morgan fingerprint density at radius 2 is 1.72 bits per heavy atom. The minimum Gasteiger partial charge on any atom is -0.497 e. The summed E-state index contributed by atoms with van der Waals surface area (Å²) in [4.78, 5) is 13.1. The lowest BCUT2D eigenvalue weighted by atomic mass is 10.0. The second-order valence-electron chi connectivity index (χ2n) is 7.25. The molecule has 0 saturated heterocycles. The van der Waals surface area contributed by atoms with Gasteiger partial charge >= 0.3 is 0 Å². The summed E-state index contributed by atoms with van der Waals surface area (Å²) in [6, 6.07) is 11.6. The van der Waals surface area contributed by atoms with E-state index in [4.69, 9.17) is 4.74 Å². The van der Waals surface area contributed by atoms with Crippen molar-refractivity contribution in [1.82, 2.24) is 5.32 Å². The summed E-state index contributed by atoms with van der Waals surface area (Å²) in [5.41, 5.74) is 3.73. The molecule has 0 bridgehead atoms. The molecule has 0 spiro atoms. The number of ether oxygens (including phenoxy) is 1. The number of carbonyl (C=O) groups excluding carboxylic acids is 1. The first-order chi connectivity index (χ1) is 13.6. The third kappa shape index (κ3) is 5.50. The van der Waals surface area contributed by atoms with Gasteiger partial charge in [0.15, 0.2) is 0 Å². The van der Waals surface area contributed by atoms with Crippen molar-refractivity contribution in [2.75, 3.05) is 17.7 Å². The molecule has 0 saturated carbocycles. The quantitative estimate of drug-likeness (QED) is 0.709. The van der Waals surface area contributed by atoms with Crippen LogP contribution >= 0.6 is 0 Å². The number of carbonyl (C=O) groups is 1. The molecule has 1 N–H and O–H groups in total. The SMILES string of the molecule is CC[C@@H](C(=O)N[C@@H](C)c1ccc(C)c(C)c1)N(c1ccc(OC)cc1)S(C)(=O)=O. The van der Waals surface area contributed by atoms with Crippen molar-refractivity contribution in [3.05, 3.63) is 59.2 Å². The van der Waals surface area contributed by atoms with Gasteiger partial charge in [-0.05, 0) is 68.1 Å². The van der Waals surface area contributed by atoms with Gasteiger partial charge in [0.25, 0.3) is 0 Å². The highest BCUT2D eigenvalue weighted by Gasteiger charge is 2.32. The highest BCUT2D eigenvalue weighted by molar-refractivity contribution is 7.92. The van der Waals surface area contributed by atoms with Crippen LogP contribution in [-0.4, -0.2) is 33.7 Å². The average molecular weight is 419 g/mol. The van der Waals surface area contributed by atoms with Crippen LogP contribution in [-0.2, 0) is 14.8 Å². The Bertz CT molecular complexity index is 955. The van der Waals surface area contributed by atoms with E-state index in [2.05, 4.69) is 5.32 Å². The monoisotopic (exact) mass is 418 g/mol. The number of benzene rings is 2. The molecule has 2 aromatic carbocycles. The predicted octanol–water partition coefficient (Wildman–Crippen LogP) is 3.73. The first-order valence-electron chi connectivity index (χ1n) is 9.59. The summed E-state index contributed by atoms with van der Waals surface area (Å²) in [6.07, 6.45) is 1.45. The third-order valence-electron chi connectivity index (χ3n) is 5.05. The average Bonchev–Trinajstić information content (AvgIpc) is 2.67. The Kier molecular flexibility index (Phi) is 7.30. The highest BCUT2D eigenvalue weighted by atomic mass is 32.2. The highest BCUT2D eigenvalue weighted by Crippen LogP contribution is 2.26. The fourth-order valence-corrected chi connectivity index (χ4v) is 4.43. The summed E-state index contributed by atoms with van der Waals surface area (Å²) in [6.45, 7) is 7.76. The molecule has 1 amide bonds. The molecule has 0 unspecified atom stereocenters. The van der Waals surface area contributed by atoms with Crippen LogP contribution in [0.1, 0.15) is 43.0 Å². The summed E-state index contributed by atoms with van der Waals surface area (Å²) < 4.78 is 31.4. The lowest BCUT2D eigenvalue weighted by Gasteiger charge is -2.31. The molecule has 0 aliphatic carbocycles. The Morgan fingerprint density at radius 3 is 2.21 bits per heavy atom. The van der Waals surface area contributed by atoms with E-state index in [0.29, 0.717) is 17.9 Å². The fraction of sp³-hybridized carbons (Fsp3) is 0.409. The van der Waals surface area contributed by atoms with Crippen molar-refractivity contribution in [3.8, 4) is 5.75 Å². The van der Waals surface area contributed by atoms with Crippen molar-refractivity contribution < 1.29 is 17.9 Å². The van der Waals surface area contributed by atoms with Crippen LogP contribution in [0.4, 0.5) is 5.69 Å². The van der Waals surface area contributed by atoms with Crippen LogP contribution in [0.2, 0.25) is 0 Å². The number of rotatable bonds is 8. The van der Waals surface area contributed by atoms with E-state index in [0.717, 1.165) is 17.4 Å². The third-order valence-corrected chi connectivity index (χ3v) is 6.23. The number of amides is 1. The fourth-order valence-electron chi connectivity index (χ4n) is 3.22. The van der Waals surface area contributed by atoms with Gasteiger partial charge in [-0.25, -0.2) is 8.42 Å². The summed E-state index contributed by atoms with van der Waals surface area (Å²) in [7, 11) is -2.13. The molecule has 0 aromatic heterocycles. The van der Waals surface area contributed by atoms with Gasteiger partial charge in [0, 0.05) is 0 Å². The molecule has 158 valence electrons. The number of sulfonamides is 1. The van der Waals surface area contributed by atoms with Crippen LogP contribution in [0.5, 0.6) is 5.75 Å². The van der Waals surface area contributed by atoms with Crippen LogP contribution in [0, 0.1) is 13.8 Å². The van der Waals surface area contributed by atoms with Crippen LogP contribution in [0.3, 0.4) is 0 Å². The second kappa shape index (κ2) is 9.31. The van der Waals surface area contributed by atoms with Crippen molar-refractivity contribution >= 4 is 21.6 Å². The van der Waals surface area contributed by atoms with Gasteiger partial charge in [-0.2, -0.15) is 0 Å². The van der Waals surface area contributed by atoms with Gasteiger partial charge in [0.2, 0.25) is 15.9 Å². The van der Waals surface area contributed by atoms with E-state index in [-0.39, 0.29) is 11.9 Å². The summed E-state index contributed by atoms with van der Waals surface area (Å²) in [5.74, 6) is 0.280. The number of aryl methyl sites for hydroxylation is 2. The maximum absolute atomic E-state index is 13.1. The Labute approximate surface area is 173 Å². The number of nitrogens with one attached hydrogen (secondary N) is 1. The summed E-state index contributed by atoms with van der Waals surface area (Å²) in [5, 5.41) is 2.97. The number of hydrogen-bond donors (Lipinski definition) is 1. The molecule has 0 aliphatic rings. The normalized spacial score (nSPS) is 13.4. The van der Waals surface area contributed by atoms with Gasteiger partial charge in [-0.15, -0.1) is 0 Å². The standard InChI is InChI=1S/C22H30N2O4S/c1-7-21(22(25)23-17(4)18-9-8-15(2)16(3)14-18)24(29(6,26)27)19-10-12-20(28-5)13-11-19/h8-14,17,21H,7H2,1-6H3,(H,23,25)/t17-,21-/m0/s1. The topological polar surface area (TPSA) is 75.7 Å². The van der Waals surface area contributed by atoms with Crippen molar-refractivity contribution in [2.24, 2.45) is 0 Å². The van der Waals surface area contributed by atoms with E-state index >= 15 is 0 Å². The molecule has 0 heterocycles.